The first-order valence-electron chi connectivity index (χ1n) is 5.53. The van der Waals surface area contributed by atoms with E-state index in [1.165, 1.54) is 16.7 Å². The zero-order chi connectivity index (χ0) is 13.5. The summed E-state index contributed by atoms with van der Waals surface area (Å²) in [5.41, 5.74) is 7.00. The molecule has 1 rings (SSSR count). The smallest absolute Gasteiger partial charge is 0.236 e. The molecule has 1 unspecified atom stereocenters. The molecule has 1 atom stereocenters. The molecule has 0 aromatic heterocycles. The highest BCUT2D eigenvalue weighted by Gasteiger charge is 2.11. The summed E-state index contributed by atoms with van der Waals surface area (Å²) in [6, 6.07) is 7.03. The van der Waals surface area contributed by atoms with E-state index in [9.17, 15) is 4.79 Å². The third-order valence-corrected chi connectivity index (χ3v) is 3.47. The number of nitrogens with two attached hydrogens (primary N) is 1. The Morgan fingerprint density at radius 2 is 2.06 bits per heavy atom. The molecule has 1 aromatic carbocycles. The van der Waals surface area contributed by atoms with Gasteiger partial charge in [-0.3, -0.25) is 4.79 Å². The van der Waals surface area contributed by atoms with Crippen molar-refractivity contribution in [3.05, 3.63) is 24.3 Å². The van der Waals surface area contributed by atoms with Crippen LogP contribution in [0.3, 0.4) is 0 Å². The summed E-state index contributed by atoms with van der Waals surface area (Å²) in [6.45, 7) is -0.283. The van der Waals surface area contributed by atoms with Crippen LogP contribution >= 0.6 is 11.8 Å². The highest BCUT2D eigenvalue weighted by molar-refractivity contribution is 8.00. The van der Waals surface area contributed by atoms with Crippen molar-refractivity contribution in [1.82, 2.24) is 0 Å². The topological polar surface area (TPSA) is 86.8 Å². The van der Waals surface area contributed by atoms with Crippen molar-refractivity contribution >= 4 is 29.0 Å². The van der Waals surface area contributed by atoms with Gasteiger partial charge in [0, 0.05) is 24.2 Å². The molecule has 4 N–H and O–H groups in total. The minimum atomic E-state index is -0.773. The Morgan fingerprint density at radius 1 is 1.44 bits per heavy atom. The van der Waals surface area contributed by atoms with Crippen molar-refractivity contribution in [2.24, 2.45) is 0 Å². The second-order valence-corrected chi connectivity index (χ2v) is 4.93. The van der Waals surface area contributed by atoms with Gasteiger partial charge in [0.25, 0.3) is 0 Å². The van der Waals surface area contributed by atoms with Crippen molar-refractivity contribution in [3.8, 4) is 0 Å². The second kappa shape index (κ2) is 7.25. The molecule has 0 radical (unpaired) electrons. The van der Waals surface area contributed by atoms with Crippen LogP contribution < -0.4 is 10.6 Å². The number of benzene rings is 1. The Balaban J connectivity index is 2.44. The lowest BCUT2D eigenvalue weighted by atomic mass is 10.2. The first kappa shape index (κ1) is 14.8. The number of nitrogen functional groups attached to an aromatic ring is 1. The monoisotopic (exact) mass is 270 g/mol. The number of amides is 1. The zero-order valence-corrected chi connectivity index (χ0v) is 11.1. The van der Waals surface area contributed by atoms with Crippen LogP contribution in [-0.2, 0) is 4.79 Å². The van der Waals surface area contributed by atoms with Crippen molar-refractivity contribution < 1.29 is 15.0 Å². The van der Waals surface area contributed by atoms with Gasteiger partial charge in [0.2, 0.25) is 5.91 Å². The first-order chi connectivity index (χ1) is 8.54. The molecule has 6 heteroatoms. The number of carbonyl (C=O) groups is 1. The van der Waals surface area contributed by atoms with E-state index in [1.54, 1.807) is 31.3 Å². The summed E-state index contributed by atoms with van der Waals surface area (Å²) < 4.78 is 0. The number of anilines is 2. The normalized spacial score (nSPS) is 12.2. The molecular formula is C12H18N2O3S. The Morgan fingerprint density at radius 3 is 2.61 bits per heavy atom. The fourth-order valence-electron chi connectivity index (χ4n) is 1.27. The zero-order valence-electron chi connectivity index (χ0n) is 10.2. The minimum Gasteiger partial charge on any atom is -0.399 e. The molecule has 100 valence electrons. The maximum absolute atomic E-state index is 11.8. The molecule has 0 saturated carbocycles. The standard InChI is InChI=1S/C12H18N2O3S/c1-14(10-4-2-9(13)3-5-10)12(17)8-18-7-11(16)6-15/h2-5,11,15-16H,6-8,13H2,1H3. The van der Waals surface area contributed by atoms with Crippen molar-refractivity contribution in [2.45, 2.75) is 6.10 Å². The lowest BCUT2D eigenvalue weighted by molar-refractivity contribution is -0.115. The molecule has 0 fully saturated rings. The van der Waals surface area contributed by atoms with E-state index in [0.29, 0.717) is 11.4 Å². The predicted octanol–water partition coefficient (Wildman–Crippen LogP) is 0.318. The summed E-state index contributed by atoms with van der Waals surface area (Å²) in [6.07, 6.45) is -0.773. The number of aliphatic hydroxyl groups excluding tert-OH is 2. The summed E-state index contributed by atoms with van der Waals surface area (Å²) in [5.74, 6) is 0.547. The van der Waals surface area contributed by atoms with Crippen molar-refractivity contribution in [2.75, 3.05) is 35.8 Å². The van der Waals surface area contributed by atoms with Gasteiger partial charge in [-0.1, -0.05) is 0 Å². The summed E-state index contributed by atoms with van der Waals surface area (Å²) in [4.78, 5) is 13.4. The number of rotatable bonds is 6. The first-order valence-corrected chi connectivity index (χ1v) is 6.69. The fraction of sp³-hybridized carbons (Fsp3) is 0.417. The Hall–Kier alpha value is -1.24. The van der Waals surface area contributed by atoms with Gasteiger partial charge in [0.15, 0.2) is 0 Å². The molecule has 0 aliphatic heterocycles. The molecule has 1 amide bonds. The number of carbonyl (C=O) groups excluding carboxylic acids is 1. The number of hydrogen-bond acceptors (Lipinski definition) is 5. The van der Waals surface area contributed by atoms with Gasteiger partial charge in [-0.15, -0.1) is 11.8 Å². The van der Waals surface area contributed by atoms with Crippen LogP contribution in [-0.4, -0.2) is 47.4 Å². The molecule has 0 bridgehead atoms. The third-order valence-electron chi connectivity index (χ3n) is 2.40. The number of nitrogens with zero attached hydrogens (tertiary/aromatic N) is 1. The Bertz CT molecular complexity index is 383. The van der Waals surface area contributed by atoms with Crippen molar-refractivity contribution in [1.29, 1.82) is 0 Å². The molecule has 1 aromatic rings. The van der Waals surface area contributed by atoms with E-state index >= 15 is 0 Å². The van der Waals surface area contributed by atoms with Crippen LogP contribution in [0.2, 0.25) is 0 Å². The number of hydrogen-bond donors (Lipinski definition) is 3. The molecule has 0 saturated heterocycles. The molecule has 0 heterocycles. The maximum atomic E-state index is 11.8. The van der Waals surface area contributed by atoms with Gasteiger partial charge in [-0.25, -0.2) is 0 Å². The second-order valence-electron chi connectivity index (χ2n) is 3.90. The van der Waals surface area contributed by atoms with Gasteiger partial charge in [-0.05, 0) is 24.3 Å². The SMILES string of the molecule is CN(C(=O)CSCC(O)CO)c1ccc(N)cc1. The molecule has 5 nitrogen and oxygen atoms in total. The van der Waals surface area contributed by atoms with E-state index in [0.717, 1.165) is 5.69 Å². The average molecular weight is 270 g/mol. The number of thioether (sulfide) groups is 1. The molecule has 0 spiro atoms. The average Bonchev–Trinajstić information content (AvgIpc) is 2.38. The van der Waals surface area contributed by atoms with Gasteiger partial charge in [0.05, 0.1) is 18.5 Å². The summed E-state index contributed by atoms with van der Waals surface area (Å²) in [7, 11) is 1.69. The molecular weight excluding hydrogens is 252 g/mol. The fourth-order valence-corrected chi connectivity index (χ4v) is 2.14. The number of aliphatic hydroxyl groups is 2. The van der Waals surface area contributed by atoms with Crippen molar-refractivity contribution in [3.63, 3.8) is 0 Å². The minimum absolute atomic E-state index is 0.0603. The predicted molar refractivity (Wildman–Crippen MR) is 74.7 cm³/mol. The van der Waals surface area contributed by atoms with E-state index in [2.05, 4.69) is 0 Å². The van der Waals surface area contributed by atoms with Crippen LogP contribution in [0.5, 0.6) is 0 Å². The van der Waals surface area contributed by atoms with Gasteiger partial charge < -0.3 is 20.8 Å². The van der Waals surface area contributed by atoms with Crippen LogP contribution in [0.4, 0.5) is 11.4 Å². The van der Waals surface area contributed by atoms with Gasteiger partial charge in [0.1, 0.15) is 0 Å². The molecule has 0 aliphatic carbocycles. The highest BCUT2D eigenvalue weighted by atomic mass is 32.2. The molecule has 0 aliphatic rings. The Labute approximate surface area is 111 Å². The summed E-state index contributed by atoms with van der Waals surface area (Å²) >= 11 is 1.29. The van der Waals surface area contributed by atoms with E-state index < -0.39 is 6.10 Å². The van der Waals surface area contributed by atoms with Crippen LogP contribution in [0.1, 0.15) is 0 Å². The Kier molecular flexibility index (Phi) is 5.97. The van der Waals surface area contributed by atoms with Crippen LogP contribution in [0.15, 0.2) is 24.3 Å². The van der Waals surface area contributed by atoms with Crippen LogP contribution in [0.25, 0.3) is 0 Å². The van der Waals surface area contributed by atoms with E-state index in [4.69, 9.17) is 15.9 Å². The third kappa shape index (κ3) is 4.56. The highest BCUT2D eigenvalue weighted by Crippen LogP contribution is 2.16. The van der Waals surface area contributed by atoms with E-state index in [1.807, 2.05) is 0 Å². The maximum Gasteiger partial charge on any atom is 0.236 e. The lowest BCUT2D eigenvalue weighted by Gasteiger charge is -2.17. The van der Waals surface area contributed by atoms with Gasteiger partial charge in [-0.2, -0.15) is 0 Å². The van der Waals surface area contributed by atoms with Gasteiger partial charge >= 0.3 is 0 Å². The lowest BCUT2D eigenvalue weighted by Crippen LogP contribution is -2.28. The van der Waals surface area contributed by atoms with Crippen LogP contribution in [0, 0.1) is 0 Å². The van der Waals surface area contributed by atoms with E-state index in [-0.39, 0.29) is 18.3 Å². The quantitative estimate of drug-likeness (QED) is 0.648. The largest absolute Gasteiger partial charge is 0.399 e. The summed E-state index contributed by atoms with van der Waals surface area (Å²) in [5, 5.41) is 17.8. The molecule has 18 heavy (non-hydrogen) atoms.